The van der Waals surface area contributed by atoms with Crippen molar-refractivity contribution in [2.45, 2.75) is 18.0 Å². The number of alkyl halides is 3. The summed E-state index contributed by atoms with van der Waals surface area (Å²) in [6.07, 6.45) is -6.28. The Morgan fingerprint density at radius 3 is 2.37 bits per heavy atom. The maximum Gasteiger partial charge on any atom is 0.416 e. The maximum atomic E-state index is 13.2. The standard InChI is InChI=1S/C18H14F3NO4S/c19-18(20,21)13-9-5-4-8-12(13)15-14(23)16(17(22)25-15)26-27(24)10-11-6-2-1-3-7-11/h1-9,15H,10,22H2. The van der Waals surface area contributed by atoms with Crippen molar-refractivity contribution in [3.63, 3.8) is 0 Å². The van der Waals surface area contributed by atoms with Crippen LogP contribution in [0.4, 0.5) is 13.2 Å². The first-order valence-corrected chi connectivity index (χ1v) is 8.99. The second-order valence-corrected chi connectivity index (χ2v) is 6.72. The smallest absolute Gasteiger partial charge is 0.416 e. The van der Waals surface area contributed by atoms with E-state index in [2.05, 4.69) is 0 Å². The van der Waals surface area contributed by atoms with Crippen molar-refractivity contribution in [3.8, 4) is 0 Å². The van der Waals surface area contributed by atoms with E-state index < -0.39 is 46.3 Å². The van der Waals surface area contributed by atoms with Gasteiger partial charge in [0.25, 0.3) is 0 Å². The fraction of sp³-hybridized carbons (Fsp3) is 0.167. The first-order chi connectivity index (χ1) is 12.8. The Balaban J connectivity index is 1.78. The third kappa shape index (κ3) is 4.13. The van der Waals surface area contributed by atoms with Gasteiger partial charge < -0.3 is 14.7 Å². The summed E-state index contributed by atoms with van der Waals surface area (Å²) in [7, 11) is 0. The molecule has 0 fully saturated rings. The number of rotatable bonds is 5. The first-order valence-electron chi connectivity index (χ1n) is 7.74. The van der Waals surface area contributed by atoms with Crippen LogP contribution in [-0.4, -0.2) is 9.99 Å². The molecule has 0 bridgehead atoms. The van der Waals surface area contributed by atoms with E-state index >= 15 is 0 Å². The van der Waals surface area contributed by atoms with E-state index in [1.807, 2.05) is 0 Å². The fourth-order valence-corrected chi connectivity index (χ4v) is 3.45. The van der Waals surface area contributed by atoms with Crippen molar-refractivity contribution in [2.24, 2.45) is 5.73 Å². The molecule has 0 spiro atoms. The van der Waals surface area contributed by atoms with E-state index in [1.165, 1.54) is 12.1 Å². The zero-order chi connectivity index (χ0) is 19.6. The third-order valence-electron chi connectivity index (χ3n) is 3.78. The van der Waals surface area contributed by atoms with Gasteiger partial charge in [0.2, 0.25) is 28.5 Å². The number of carbonyl (C=O) groups excluding carboxylic acids is 1. The van der Waals surface area contributed by atoms with Crippen LogP contribution < -0.4 is 5.73 Å². The Hall–Kier alpha value is -2.81. The van der Waals surface area contributed by atoms with Crippen LogP contribution in [0.15, 0.2) is 66.2 Å². The average molecular weight is 397 g/mol. The molecule has 2 atom stereocenters. The zero-order valence-electron chi connectivity index (χ0n) is 13.7. The van der Waals surface area contributed by atoms with Gasteiger partial charge >= 0.3 is 6.18 Å². The van der Waals surface area contributed by atoms with Crippen LogP contribution >= 0.6 is 0 Å². The number of nitrogens with two attached hydrogens (primary N) is 1. The van der Waals surface area contributed by atoms with Gasteiger partial charge in [-0.05, 0) is 11.6 Å². The molecule has 2 unspecified atom stereocenters. The van der Waals surface area contributed by atoms with Gasteiger partial charge in [-0.2, -0.15) is 13.2 Å². The number of hydrogen-bond acceptors (Lipinski definition) is 5. The molecule has 27 heavy (non-hydrogen) atoms. The lowest BCUT2D eigenvalue weighted by molar-refractivity contribution is -0.139. The molecule has 0 saturated carbocycles. The van der Waals surface area contributed by atoms with Crippen molar-refractivity contribution >= 4 is 16.9 Å². The molecule has 1 aliphatic rings. The van der Waals surface area contributed by atoms with Crippen LogP contribution in [0.1, 0.15) is 22.8 Å². The molecule has 0 amide bonds. The predicted molar refractivity (Wildman–Crippen MR) is 90.9 cm³/mol. The molecule has 0 aliphatic carbocycles. The maximum absolute atomic E-state index is 13.2. The Labute approximate surface area is 155 Å². The van der Waals surface area contributed by atoms with Gasteiger partial charge in [0.15, 0.2) is 6.10 Å². The minimum Gasteiger partial charge on any atom is -0.460 e. The highest BCUT2D eigenvalue weighted by Crippen LogP contribution is 2.39. The van der Waals surface area contributed by atoms with E-state index in [1.54, 1.807) is 30.3 Å². The Kier molecular flexibility index (Phi) is 5.22. The lowest BCUT2D eigenvalue weighted by atomic mass is 9.99. The topological polar surface area (TPSA) is 78.6 Å². The molecule has 0 saturated heterocycles. The molecular formula is C18H14F3NO4S. The monoisotopic (exact) mass is 397 g/mol. The molecule has 2 aromatic carbocycles. The fourth-order valence-electron chi connectivity index (χ4n) is 2.58. The van der Waals surface area contributed by atoms with E-state index in [0.29, 0.717) is 5.56 Å². The van der Waals surface area contributed by atoms with Crippen molar-refractivity contribution in [1.29, 1.82) is 0 Å². The molecular weight excluding hydrogens is 383 g/mol. The number of Topliss-reactive ketones (excluding diaryl/α,β-unsaturated/α-hetero) is 1. The third-order valence-corrected chi connectivity index (χ3v) is 4.70. The van der Waals surface area contributed by atoms with Crippen molar-refractivity contribution in [3.05, 3.63) is 82.9 Å². The second kappa shape index (κ2) is 7.43. The van der Waals surface area contributed by atoms with Gasteiger partial charge in [0, 0.05) is 5.56 Å². The molecule has 0 radical (unpaired) electrons. The van der Waals surface area contributed by atoms with Crippen molar-refractivity contribution in [1.82, 2.24) is 0 Å². The highest BCUT2D eigenvalue weighted by molar-refractivity contribution is 7.79. The highest BCUT2D eigenvalue weighted by atomic mass is 32.2. The van der Waals surface area contributed by atoms with Gasteiger partial charge in [-0.1, -0.05) is 48.5 Å². The normalized spacial score (nSPS) is 18.3. The number of ether oxygens (including phenoxy) is 1. The number of halogens is 3. The van der Waals surface area contributed by atoms with Crippen molar-refractivity contribution < 1.29 is 31.1 Å². The summed E-state index contributed by atoms with van der Waals surface area (Å²) in [5, 5.41) is 0. The lowest BCUT2D eigenvalue weighted by Gasteiger charge is -2.16. The second-order valence-electron chi connectivity index (χ2n) is 5.66. The predicted octanol–water partition coefficient (Wildman–Crippen LogP) is 3.35. The number of benzene rings is 2. The lowest BCUT2D eigenvalue weighted by Crippen LogP contribution is -2.18. The van der Waals surface area contributed by atoms with E-state index in [-0.39, 0.29) is 11.3 Å². The van der Waals surface area contributed by atoms with Gasteiger partial charge in [-0.3, -0.25) is 4.79 Å². The molecule has 5 nitrogen and oxygen atoms in total. The summed E-state index contributed by atoms with van der Waals surface area (Å²) in [5.41, 5.74) is 4.89. The molecule has 2 N–H and O–H groups in total. The molecule has 142 valence electrons. The van der Waals surface area contributed by atoms with Crippen molar-refractivity contribution in [2.75, 3.05) is 0 Å². The molecule has 1 heterocycles. The van der Waals surface area contributed by atoms with E-state index in [0.717, 1.165) is 12.1 Å². The largest absolute Gasteiger partial charge is 0.460 e. The van der Waals surface area contributed by atoms with Crippen LogP contribution in [-0.2, 0) is 36.7 Å². The Bertz CT molecular complexity index is 912. The average Bonchev–Trinajstić information content (AvgIpc) is 2.90. The molecule has 0 aromatic heterocycles. The zero-order valence-corrected chi connectivity index (χ0v) is 14.5. The summed E-state index contributed by atoms with van der Waals surface area (Å²) >= 11 is -1.96. The Morgan fingerprint density at radius 1 is 1.07 bits per heavy atom. The van der Waals surface area contributed by atoms with Crippen LogP contribution in [0.5, 0.6) is 0 Å². The summed E-state index contributed by atoms with van der Waals surface area (Å²) in [5.74, 6) is -1.96. The molecule has 2 aromatic rings. The first kappa shape index (κ1) is 19.0. The number of carbonyl (C=O) groups is 1. The van der Waals surface area contributed by atoms with Gasteiger partial charge in [-0.25, -0.2) is 4.21 Å². The molecule has 9 heteroatoms. The molecule has 3 rings (SSSR count). The van der Waals surface area contributed by atoms with Crippen LogP contribution in [0.25, 0.3) is 0 Å². The van der Waals surface area contributed by atoms with Gasteiger partial charge in [-0.15, -0.1) is 0 Å². The van der Waals surface area contributed by atoms with Crippen LogP contribution in [0.3, 0.4) is 0 Å². The van der Waals surface area contributed by atoms with Gasteiger partial charge in [0.1, 0.15) is 0 Å². The summed E-state index contributed by atoms with van der Waals surface area (Å²) in [4.78, 5) is 12.5. The van der Waals surface area contributed by atoms with E-state index in [9.17, 15) is 22.2 Å². The summed E-state index contributed by atoms with van der Waals surface area (Å²) in [6.45, 7) is 0. The summed E-state index contributed by atoms with van der Waals surface area (Å²) < 4.78 is 61.9. The Morgan fingerprint density at radius 2 is 1.70 bits per heavy atom. The van der Waals surface area contributed by atoms with Crippen LogP contribution in [0.2, 0.25) is 0 Å². The van der Waals surface area contributed by atoms with Crippen LogP contribution in [0, 0.1) is 0 Å². The van der Waals surface area contributed by atoms with Gasteiger partial charge in [0.05, 0.1) is 11.3 Å². The highest BCUT2D eigenvalue weighted by Gasteiger charge is 2.43. The minimum absolute atomic E-state index is 0.0191. The number of ketones is 1. The van der Waals surface area contributed by atoms with E-state index in [4.69, 9.17) is 14.7 Å². The quantitative estimate of drug-likeness (QED) is 0.837. The molecule has 1 aliphatic heterocycles. The minimum atomic E-state index is -4.67. The summed E-state index contributed by atoms with van der Waals surface area (Å²) in [6, 6.07) is 13.2. The number of hydrogen-bond donors (Lipinski definition) is 1. The SMILES string of the molecule is NC1=C(OS(=O)Cc2ccccc2)C(=O)C(c2ccccc2C(F)(F)F)O1.